The van der Waals surface area contributed by atoms with Gasteiger partial charge in [0.05, 0.1) is 11.6 Å². The normalized spacial score (nSPS) is 11.0. The standard InChI is InChI=1S/C21H23NO/c1-21(2,3)19-11-8-17(9-12-19)14-20(23)13-10-16-4-6-18(15-22)7-5-16/h4-9,11-12H,10,13-14H2,1-3H3. The monoisotopic (exact) mass is 305 g/mol. The number of carbonyl (C=O) groups is 1. The summed E-state index contributed by atoms with van der Waals surface area (Å²) in [5, 5.41) is 8.78. The fourth-order valence-corrected chi connectivity index (χ4v) is 2.47. The van der Waals surface area contributed by atoms with Gasteiger partial charge in [0, 0.05) is 12.8 Å². The van der Waals surface area contributed by atoms with Crippen molar-refractivity contribution in [3.8, 4) is 6.07 Å². The van der Waals surface area contributed by atoms with Crippen molar-refractivity contribution in [1.82, 2.24) is 0 Å². The first kappa shape index (κ1) is 17.0. The van der Waals surface area contributed by atoms with E-state index in [1.807, 2.05) is 12.1 Å². The summed E-state index contributed by atoms with van der Waals surface area (Å²) in [6.45, 7) is 6.56. The Labute approximate surface area is 138 Å². The SMILES string of the molecule is CC(C)(C)c1ccc(CC(=O)CCc2ccc(C#N)cc2)cc1. The van der Waals surface area contributed by atoms with Crippen molar-refractivity contribution in [2.75, 3.05) is 0 Å². The lowest BCUT2D eigenvalue weighted by atomic mass is 9.86. The molecular formula is C21H23NO. The molecular weight excluding hydrogens is 282 g/mol. The minimum atomic E-state index is 0.137. The minimum absolute atomic E-state index is 0.137. The van der Waals surface area contributed by atoms with Gasteiger partial charge in [0.15, 0.2) is 0 Å². The molecule has 0 saturated heterocycles. The number of aryl methyl sites for hydroxylation is 1. The van der Waals surface area contributed by atoms with Crippen molar-refractivity contribution in [3.05, 3.63) is 70.8 Å². The van der Waals surface area contributed by atoms with Gasteiger partial charge >= 0.3 is 0 Å². The maximum Gasteiger partial charge on any atom is 0.137 e. The molecule has 2 nitrogen and oxygen atoms in total. The first-order chi connectivity index (χ1) is 10.9. The summed E-state index contributed by atoms with van der Waals surface area (Å²) in [6.07, 6.45) is 1.75. The van der Waals surface area contributed by atoms with Crippen LogP contribution in [0.2, 0.25) is 0 Å². The highest BCUT2D eigenvalue weighted by atomic mass is 16.1. The quantitative estimate of drug-likeness (QED) is 0.810. The molecule has 0 amide bonds. The summed E-state index contributed by atoms with van der Waals surface area (Å²) in [5.74, 6) is 0.248. The van der Waals surface area contributed by atoms with Crippen LogP contribution in [0.1, 0.15) is 49.4 Å². The van der Waals surface area contributed by atoms with Crippen LogP contribution in [-0.4, -0.2) is 5.78 Å². The van der Waals surface area contributed by atoms with Gasteiger partial charge in [0.1, 0.15) is 5.78 Å². The van der Waals surface area contributed by atoms with Crippen molar-refractivity contribution in [3.63, 3.8) is 0 Å². The molecule has 0 N–H and O–H groups in total. The van der Waals surface area contributed by atoms with Gasteiger partial charge in [-0.15, -0.1) is 0 Å². The predicted molar refractivity (Wildman–Crippen MR) is 93.3 cm³/mol. The maximum atomic E-state index is 12.1. The van der Waals surface area contributed by atoms with Crippen LogP contribution in [0.4, 0.5) is 0 Å². The number of hydrogen-bond donors (Lipinski definition) is 0. The maximum absolute atomic E-state index is 12.1. The number of benzene rings is 2. The lowest BCUT2D eigenvalue weighted by Crippen LogP contribution is -2.11. The van der Waals surface area contributed by atoms with Crippen LogP contribution < -0.4 is 0 Å². The molecule has 2 rings (SSSR count). The largest absolute Gasteiger partial charge is 0.299 e. The first-order valence-corrected chi connectivity index (χ1v) is 7.98. The van der Waals surface area contributed by atoms with E-state index in [1.54, 1.807) is 12.1 Å². The second kappa shape index (κ2) is 7.24. The zero-order chi connectivity index (χ0) is 16.9. The Balaban J connectivity index is 1.88. The molecule has 0 saturated carbocycles. The molecule has 0 bridgehead atoms. The van der Waals surface area contributed by atoms with E-state index in [0.29, 0.717) is 18.4 Å². The summed E-state index contributed by atoms with van der Waals surface area (Å²) in [4.78, 5) is 12.1. The van der Waals surface area contributed by atoms with Gasteiger partial charge in [-0.2, -0.15) is 5.26 Å². The van der Waals surface area contributed by atoms with Crippen molar-refractivity contribution >= 4 is 5.78 Å². The van der Waals surface area contributed by atoms with Crippen molar-refractivity contribution in [2.24, 2.45) is 0 Å². The number of carbonyl (C=O) groups excluding carboxylic acids is 1. The van der Waals surface area contributed by atoms with Crippen molar-refractivity contribution in [2.45, 2.75) is 45.4 Å². The molecule has 0 aliphatic rings. The lowest BCUT2D eigenvalue weighted by Gasteiger charge is -2.19. The second-order valence-electron chi connectivity index (χ2n) is 6.97. The lowest BCUT2D eigenvalue weighted by molar-refractivity contribution is -0.118. The number of rotatable bonds is 5. The molecule has 0 fully saturated rings. The number of nitriles is 1. The molecule has 0 unspecified atom stereocenters. The highest BCUT2D eigenvalue weighted by molar-refractivity contribution is 5.81. The van der Waals surface area contributed by atoms with E-state index < -0.39 is 0 Å². The van der Waals surface area contributed by atoms with E-state index >= 15 is 0 Å². The Morgan fingerprint density at radius 1 is 0.957 bits per heavy atom. The van der Waals surface area contributed by atoms with E-state index in [0.717, 1.165) is 17.5 Å². The van der Waals surface area contributed by atoms with E-state index in [-0.39, 0.29) is 11.2 Å². The van der Waals surface area contributed by atoms with Crippen LogP contribution >= 0.6 is 0 Å². The summed E-state index contributed by atoms with van der Waals surface area (Å²) >= 11 is 0. The highest BCUT2D eigenvalue weighted by Crippen LogP contribution is 2.22. The second-order valence-corrected chi connectivity index (χ2v) is 6.97. The van der Waals surface area contributed by atoms with Gasteiger partial charge < -0.3 is 0 Å². The Hall–Kier alpha value is -2.40. The molecule has 118 valence electrons. The van der Waals surface area contributed by atoms with E-state index in [1.165, 1.54) is 5.56 Å². The molecule has 0 aliphatic carbocycles. The summed E-state index contributed by atoms with van der Waals surface area (Å²) in [7, 11) is 0. The summed E-state index contributed by atoms with van der Waals surface area (Å²) in [6, 6.07) is 17.9. The Bertz CT molecular complexity index is 697. The van der Waals surface area contributed by atoms with Crippen molar-refractivity contribution < 1.29 is 4.79 Å². The summed E-state index contributed by atoms with van der Waals surface area (Å²) in [5.41, 5.74) is 4.24. The number of nitrogens with zero attached hydrogens (tertiary/aromatic N) is 1. The van der Waals surface area contributed by atoms with Crippen LogP contribution in [0.15, 0.2) is 48.5 Å². The number of hydrogen-bond acceptors (Lipinski definition) is 2. The fraction of sp³-hybridized carbons (Fsp3) is 0.333. The molecule has 2 heteroatoms. The Morgan fingerprint density at radius 3 is 2.04 bits per heavy atom. The van der Waals surface area contributed by atoms with Crippen molar-refractivity contribution in [1.29, 1.82) is 5.26 Å². The highest BCUT2D eigenvalue weighted by Gasteiger charge is 2.13. The zero-order valence-electron chi connectivity index (χ0n) is 14.1. The molecule has 2 aromatic rings. The van der Waals surface area contributed by atoms with Crippen LogP contribution in [0.25, 0.3) is 0 Å². The number of Topliss-reactive ketones (excluding diaryl/α,β-unsaturated/α-hetero) is 1. The average molecular weight is 305 g/mol. The third-order valence-corrected chi connectivity index (χ3v) is 4.00. The average Bonchev–Trinajstić information content (AvgIpc) is 2.53. The third kappa shape index (κ3) is 5.07. The van der Waals surface area contributed by atoms with Crippen LogP contribution in [0.5, 0.6) is 0 Å². The first-order valence-electron chi connectivity index (χ1n) is 7.98. The molecule has 0 aliphatic heterocycles. The van der Waals surface area contributed by atoms with Crippen LogP contribution in [0, 0.1) is 11.3 Å². The minimum Gasteiger partial charge on any atom is -0.299 e. The Morgan fingerprint density at radius 2 is 1.52 bits per heavy atom. The van der Waals surface area contributed by atoms with E-state index in [4.69, 9.17) is 5.26 Å². The molecule has 2 aromatic carbocycles. The molecule has 0 aromatic heterocycles. The van der Waals surface area contributed by atoms with Gasteiger partial charge in [-0.05, 0) is 40.7 Å². The molecule has 0 heterocycles. The number of ketones is 1. The molecule has 23 heavy (non-hydrogen) atoms. The molecule has 0 spiro atoms. The van der Waals surface area contributed by atoms with Gasteiger partial charge in [0.25, 0.3) is 0 Å². The fourth-order valence-electron chi connectivity index (χ4n) is 2.47. The topological polar surface area (TPSA) is 40.9 Å². The zero-order valence-corrected chi connectivity index (χ0v) is 14.1. The van der Waals surface area contributed by atoms with Crippen LogP contribution in [0.3, 0.4) is 0 Å². The van der Waals surface area contributed by atoms with Gasteiger partial charge in [-0.3, -0.25) is 4.79 Å². The predicted octanol–water partition coefficient (Wildman–Crippen LogP) is 4.60. The van der Waals surface area contributed by atoms with Gasteiger partial charge in [0.2, 0.25) is 0 Å². The van der Waals surface area contributed by atoms with E-state index in [2.05, 4.69) is 51.1 Å². The summed E-state index contributed by atoms with van der Waals surface area (Å²) < 4.78 is 0. The Kier molecular flexibility index (Phi) is 5.34. The van der Waals surface area contributed by atoms with Gasteiger partial charge in [-0.25, -0.2) is 0 Å². The molecule has 0 atom stereocenters. The molecule has 0 radical (unpaired) electrons. The van der Waals surface area contributed by atoms with E-state index in [9.17, 15) is 4.79 Å². The third-order valence-electron chi connectivity index (χ3n) is 4.00. The van der Waals surface area contributed by atoms with Gasteiger partial charge in [-0.1, -0.05) is 57.2 Å². The smallest absolute Gasteiger partial charge is 0.137 e. The van der Waals surface area contributed by atoms with Crippen LogP contribution in [-0.2, 0) is 23.1 Å².